The lowest BCUT2D eigenvalue weighted by atomic mass is 9.86. The van der Waals surface area contributed by atoms with Crippen LogP contribution in [0.1, 0.15) is 67.2 Å². The number of benzene rings is 1. The van der Waals surface area contributed by atoms with Gasteiger partial charge in [-0.3, -0.25) is 10.2 Å². The van der Waals surface area contributed by atoms with Gasteiger partial charge in [-0.15, -0.1) is 0 Å². The van der Waals surface area contributed by atoms with Crippen molar-refractivity contribution in [3.8, 4) is 11.3 Å². The summed E-state index contributed by atoms with van der Waals surface area (Å²) in [6.45, 7) is 3.66. The quantitative estimate of drug-likeness (QED) is 0.414. The molecule has 1 N–H and O–H groups in total. The number of allylic oxidation sites excluding steroid dienone is 4. The van der Waals surface area contributed by atoms with Gasteiger partial charge in [0.1, 0.15) is 17.7 Å². The van der Waals surface area contributed by atoms with Gasteiger partial charge in [-0.1, -0.05) is 24.3 Å². The third-order valence-electron chi connectivity index (χ3n) is 7.75. The fourth-order valence-corrected chi connectivity index (χ4v) is 5.55. The molecule has 3 heterocycles. The Morgan fingerprint density at radius 1 is 1.21 bits per heavy atom. The number of hydrogen-bond acceptors (Lipinski definition) is 4. The second-order valence-electron chi connectivity index (χ2n) is 10.3. The summed E-state index contributed by atoms with van der Waals surface area (Å²) in [5.74, 6) is -0.331. The average molecular weight is 514 g/mol. The van der Waals surface area contributed by atoms with Gasteiger partial charge in [0.15, 0.2) is 5.65 Å². The molecule has 8 heteroatoms. The summed E-state index contributed by atoms with van der Waals surface area (Å²) in [5.41, 5.74) is 4.23. The molecule has 6 rings (SSSR count). The van der Waals surface area contributed by atoms with Crippen molar-refractivity contribution in [3.05, 3.63) is 88.6 Å². The fraction of sp³-hybridized carbons (Fsp3) is 0.333. The lowest BCUT2D eigenvalue weighted by Crippen LogP contribution is -2.48. The molecule has 2 aliphatic carbocycles. The zero-order valence-electron chi connectivity index (χ0n) is 21.4. The van der Waals surface area contributed by atoms with Crippen LogP contribution in [0.2, 0.25) is 0 Å². The Morgan fingerprint density at radius 2 is 2.03 bits per heavy atom. The van der Waals surface area contributed by atoms with E-state index in [1.54, 1.807) is 37.3 Å². The van der Waals surface area contributed by atoms with Gasteiger partial charge in [0.05, 0.1) is 29.7 Å². The number of halogens is 2. The molecule has 3 aliphatic rings. The first kappa shape index (κ1) is 24.4. The fourth-order valence-electron chi connectivity index (χ4n) is 5.55. The van der Waals surface area contributed by atoms with Crippen LogP contribution in [-0.4, -0.2) is 49.9 Å². The smallest absolute Gasteiger partial charge is 0.273 e. The van der Waals surface area contributed by atoms with Crippen molar-refractivity contribution < 1.29 is 13.6 Å². The molecule has 2 atom stereocenters. The predicted molar refractivity (Wildman–Crippen MR) is 143 cm³/mol. The van der Waals surface area contributed by atoms with E-state index in [0.717, 1.165) is 36.8 Å². The van der Waals surface area contributed by atoms with Crippen molar-refractivity contribution >= 4 is 17.3 Å². The van der Waals surface area contributed by atoms with E-state index < -0.39 is 12.1 Å². The van der Waals surface area contributed by atoms with Crippen molar-refractivity contribution in [2.24, 2.45) is 0 Å². The normalized spacial score (nSPS) is 21.4. The second-order valence-corrected chi connectivity index (χ2v) is 10.3. The van der Waals surface area contributed by atoms with E-state index in [2.05, 4.69) is 10.1 Å². The van der Waals surface area contributed by atoms with Crippen LogP contribution in [0.3, 0.4) is 0 Å². The molecule has 3 aromatic rings. The number of nitrogens with zero attached hydrogens (tertiary/aromatic N) is 4. The van der Waals surface area contributed by atoms with Gasteiger partial charge in [0, 0.05) is 11.6 Å². The molecule has 1 saturated carbocycles. The molecular weight excluding hydrogens is 484 g/mol. The first-order valence-corrected chi connectivity index (χ1v) is 13.1. The van der Waals surface area contributed by atoms with E-state index >= 15 is 8.78 Å². The highest BCUT2D eigenvalue weighted by molar-refractivity contribution is 6.07. The summed E-state index contributed by atoms with van der Waals surface area (Å²) in [4.78, 5) is 19.8. The number of nitrogens with one attached hydrogen (secondary N) is 1. The van der Waals surface area contributed by atoms with Gasteiger partial charge in [-0.05, 0) is 86.4 Å². The van der Waals surface area contributed by atoms with E-state index in [0.29, 0.717) is 34.1 Å². The number of amides is 1. The first-order chi connectivity index (χ1) is 18.4. The molecular formula is C30H29F2N5O. The van der Waals surface area contributed by atoms with E-state index in [9.17, 15) is 4.79 Å². The van der Waals surface area contributed by atoms with Crippen LogP contribution < -0.4 is 0 Å². The van der Waals surface area contributed by atoms with Gasteiger partial charge in [0.25, 0.3) is 5.91 Å². The van der Waals surface area contributed by atoms with Crippen LogP contribution in [0.5, 0.6) is 0 Å². The highest BCUT2D eigenvalue weighted by atomic mass is 19.1. The van der Waals surface area contributed by atoms with Crippen molar-refractivity contribution in [1.29, 1.82) is 5.41 Å². The maximum Gasteiger partial charge on any atom is 0.273 e. The number of alkyl halides is 1. The molecule has 0 saturated heterocycles. The Labute approximate surface area is 219 Å². The topological polar surface area (TPSA) is 74.3 Å². The summed E-state index contributed by atoms with van der Waals surface area (Å²) in [6.07, 6.45) is 9.59. The minimum absolute atomic E-state index is 0.0548. The summed E-state index contributed by atoms with van der Waals surface area (Å²) in [6, 6.07) is 8.12. The highest BCUT2D eigenvalue weighted by Crippen LogP contribution is 2.41. The predicted octanol–water partition coefficient (Wildman–Crippen LogP) is 6.19. The van der Waals surface area contributed by atoms with Crippen LogP contribution in [0.25, 0.3) is 16.9 Å². The molecule has 1 aliphatic heterocycles. The molecule has 194 valence electrons. The molecule has 6 nitrogen and oxygen atoms in total. The van der Waals surface area contributed by atoms with Crippen molar-refractivity contribution in [3.63, 3.8) is 0 Å². The molecule has 0 radical (unpaired) electrons. The SMILES string of the molecule is C/C=C\C(=N)c1cc(C(=O)N2CC(F)C3=C(CCC=C3)C2C)nc2cc(-c3ccc(C4CC4)cc3F)nn12. The maximum atomic E-state index is 15.1. The Morgan fingerprint density at radius 3 is 2.76 bits per heavy atom. The minimum atomic E-state index is -1.26. The van der Waals surface area contributed by atoms with Crippen molar-refractivity contribution in [2.75, 3.05) is 6.54 Å². The van der Waals surface area contributed by atoms with Gasteiger partial charge in [-0.2, -0.15) is 5.10 Å². The Balaban J connectivity index is 1.42. The van der Waals surface area contributed by atoms with Gasteiger partial charge >= 0.3 is 0 Å². The number of carbonyl (C=O) groups is 1. The number of carbonyl (C=O) groups excluding carboxylic acids is 1. The Kier molecular flexibility index (Phi) is 6.05. The second kappa shape index (κ2) is 9.42. The van der Waals surface area contributed by atoms with Gasteiger partial charge < -0.3 is 4.90 Å². The number of rotatable bonds is 5. The Hall–Kier alpha value is -3.94. The molecule has 1 amide bonds. The monoisotopic (exact) mass is 513 g/mol. The van der Waals surface area contributed by atoms with E-state index in [4.69, 9.17) is 5.41 Å². The molecule has 38 heavy (non-hydrogen) atoms. The summed E-state index contributed by atoms with van der Waals surface area (Å²) in [7, 11) is 0. The van der Waals surface area contributed by atoms with Crippen LogP contribution in [0.15, 0.2) is 65.8 Å². The average Bonchev–Trinajstić information content (AvgIpc) is 3.68. The number of hydrogen-bond donors (Lipinski definition) is 1. The third kappa shape index (κ3) is 4.18. The molecule has 1 aromatic carbocycles. The largest absolute Gasteiger partial charge is 0.328 e. The van der Waals surface area contributed by atoms with Gasteiger partial charge in [0.2, 0.25) is 0 Å². The zero-order chi connectivity index (χ0) is 26.6. The molecule has 0 spiro atoms. The minimum Gasteiger partial charge on any atom is -0.328 e. The van der Waals surface area contributed by atoms with Crippen LogP contribution in [-0.2, 0) is 0 Å². The van der Waals surface area contributed by atoms with Gasteiger partial charge in [-0.25, -0.2) is 18.3 Å². The van der Waals surface area contributed by atoms with E-state index in [-0.39, 0.29) is 29.8 Å². The summed E-state index contributed by atoms with van der Waals surface area (Å²) >= 11 is 0. The van der Waals surface area contributed by atoms with Crippen LogP contribution in [0, 0.1) is 11.2 Å². The van der Waals surface area contributed by atoms with Crippen LogP contribution in [0.4, 0.5) is 8.78 Å². The summed E-state index contributed by atoms with van der Waals surface area (Å²) in [5, 5.41) is 13.1. The van der Waals surface area contributed by atoms with E-state index in [1.807, 2.05) is 25.1 Å². The molecule has 2 aromatic heterocycles. The standard InChI is InChI=1S/C30H29F2N5O/c1-3-6-25(33)28-14-27(30(38)36-16-24(32)21-8-5-4-7-20(21)17(36)2)34-29-15-26(35-37(28)29)22-12-11-19(13-23(22)31)18-9-10-18/h3,5-6,8,11-15,17-18,24,33H,4,7,9-10,16H2,1-2H3/b6-3-,33-25?. The molecule has 2 unspecified atom stereocenters. The first-order valence-electron chi connectivity index (χ1n) is 13.1. The zero-order valence-corrected chi connectivity index (χ0v) is 21.4. The summed E-state index contributed by atoms with van der Waals surface area (Å²) < 4.78 is 31.6. The number of aromatic nitrogens is 3. The lowest BCUT2D eigenvalue weighted by molar-refractivity contribution is 0.0643. The van der Waals surface area contributed by atoms with Crippen molar-refractivity contribution in [2.45, 2.75) is 57.7 Å². The maximum absolute atomic E-state index is 15.1. The molecule has 1 fully saturated rings. The Bertz CT molecular complexity index is 1560. The van der Waals surface area contributed by atoms with Crippen molar-refractivity contribution in [1.82, 2.24) is 19.5 Å². The van der Waals surface area contributed by atoms with E-state index in [1.165, 1.54) is 15.5 Å². The number of fused-ring (bicyclic) bond motifs is 1. The lowest BCUT2D eigenvalue weighted by Gasteiger charge is -2.39. The highest BCUT2D eigenvalue weighted by Gasteiger charge is 2.36. The third-order valence-corrected chi connectivity index (χ3v) is 7.75. The van der Waals surface area contributed by atoms with Crippen LogP contribution >= 0.6 is 0 Å². The molecule has 0 bridgehead atoms.